The predicted molar refractivity (Wildman–Crippen MR) is 252 cm³/mol. The molecule has 0 fully saturated rings. The highest BCUT2D eigenvalue weighted by molar-refractivity contribution is 6.10. The first-order chi connectivity index (χ1) is 29.5. The van der Waals surface area contributed by atoms with Crippen LogP contribution < -0.4 is 18.9 Å². The van der Waals surface area contributed by atoms with Gasteiger partial charge in [0, 0.05) is 11.1 Å². The van der Waals surface area contributed by atoms with E-state index < -0.39 is 0 Å². The zero-order valence-corrected chi connectivity index (χ0v) is 39.2. The molecule has 7 heteroatoms. The van der Waals surface area contributed by atoms with Gasteiger partial charge in [-0.15, -0.1) is 0 Å². The first-order valence-electron chi connectivity index (χ1n) is 25.3. The summed E-state index contributed by atoms with van der Waals surface area (Å²) in [6.45, 7) is 10.8. The minimum Gasteiger partial charge on any atom is -0.502 e. The van der Waals surface area contributed by atoms with E-state index in [4.69, 9.17) is 18.9 Å². The molecule has 0 aliphatic carbocycles. The largest absolute Gasteiger partial charge is 0.502 e. The second-order valence-electron chi connectivity index (χ2n) is 17.3. The Labute approximate surface area is 368 Å². The normalized spacial score (nSPS) is 11.3. The third kappa shape index (κ3) is 24.4. The topological polar surface area (TPSA) is 94.5 Å². The van der Waals surface area contributed by atoms with Gasteiger partial charge in [0.1, 0.15) is 0 Å². The Morgan fingerprint density at radius 2 is 0.517 bits per heavy atom. The van der Waals surface area contributed by atoms with Crippen LogP contribution in [0.4, 0.5) is 0 Å². The minimum absolute atomic E-state index is 0.0693. The Bertz CT molecular complexity index is 1150. The molecule has 0 saturated heterocycles. The van der Waals surface area contributed by atoms with Crippen molar-refractivity contribution in [2.24, 2.45) is 0 Å². The molecule has 2 N–H and O–H groups in total. The molecule has 7 nitrogen and oxygen atoms in total. The molecule has 2 rings (SSSR count). The summed E-state index contributed by atoms with van der Waals surface area (Å²) in [6, 6.07) is 6.50. The highest BCUT2D eigenvalue weighted by atomic mass is 16.5. The van der Waals surface area contributed by atoms with Crippen LogP contribution in [0.15, 0.2) is 24.3 Å². The number of carbonyl (C=O) groups is 1. The van der Waals surface area contributed by atoms with E-state index in [2.05, 4.69) is 27.7 Å². The van der Waals surface area contributed by atoms with Gasteiger partial charge >= 0.3 is 0 Å². The Morgan fingerprint density at radius 1 is 0.333 bits per heavy atom. The summed E-state index contributed by atoms with van der Waals surface area (Å²) < 4.78 is 24.6. The van der Waals surface area contributed by atoms with Gasteiger partial charge in [-0.1, -0.05) is 207 Å². The van der Waals surface area contributed by atoms with Crippen LogP contribution in [0.2, 0.25) is 0 Å². The second-order valence-corrected chi connectivity index (χ2v) is 17.3. The maximum Gasteiger partial charge on any atom is 0.200 e. The van der Waals surface area contributed by atoms with Gasteiger partial charge < -0.3 is 29.2 Å². The van der Waals surface area contributed by atoms with E-state index in [-0.39, 0.29) is 40.3 Å². The summed E-state index contributed by atoms with van der Waals surface area (Å²) in [5.74, 6) is 0.603. The number of ether oxygens (including phenoxy) is 4. The maximum atomic E-state index is 14.4. The SMILES string of the molecule is CCCCCCCCCCOc1cc(C(=O)c2cc(OCCCCCCCCCC)c(O)c(OCCCCCCCCCC)c2)cc(OCCCCCCCCCC)c1O. The molecule has 2 aromatic carbocycles. The third-order valence-corrected chi connectivity index (χ3v) is 11.6. The van der Waals surface area contributed by atoms with Crippen molar-refractivity contribution >= 4 is 5.78 Å². The van der Waals surface area contributed by atoms with Crippen LogP contribution in [0, 0.1) is 0 Å². The van der Waals surface area contributed by atoms with Crippen LogP contribution in [0.1, 0.15) is 249 Å². The summed E-state index contributed by atoms with van der Waals surface area (Å²) in [4.78, 5) is 14.4. The zero-order valence-electron chi connectivity index (χ0n) is 39.2. The molecule has 0 aliphatic heterocycles. The second kappa shape index (κ2) is 36.6. The lowest BCUT2D eigenvalue weighted by Crippen LogP contribution is -2.08. The third-order valence-electron chi connectivity index (χ3n) is 11.6. The molecule has 0 radical (unpaired) electrons. The Morgan fingerprint density at radius 3 is 0.717 bits per heavy atom. The lowest BCUT2D eigenvalue weighted by Gasteiger charge is -2.17. The van der Waals surface area contributed by atoms with E-state index in [1.165, 1.54) is 128 Å². The number of hydrogen-bond acceptors (Lipinski definition) is 7. The molecule has 0 heterocycles. The fourth-order valence-corrected chi connectivity index (χ4v) is 7.71. The number of benzene rings is 2. The molecule has 0 spiro atoms. The van der Waals surface area contributed by atoms with Crippen LogP contribution in [0.3, 0.4) is 0 Å². The molecule has 0 unspecified atom stereocenters. The molecule has 0 aliphatic rings. The average Bonchev–Trinajstić information content (AvgIpc) is 3.25. The van der Waals surface area contributed by atoms with Gasteiger partial charge in [0.15, 0.2) is 28.8 Å². The molecule has 344 valence electrons. The Balaban J connectivity index is 2.22. The minimum atomic E-state index is -0.280. The van der Waals surface area contributed by atoms with Crippen molar-refractivity contribution < 1.29 is 34.0 Å². The smallest absolute Gasteiger partial charge is 0.200 e. The van der Waals surface area contributed by atoms with Crippen molar-refractivity contribution in [2.75, 3.05) is 26.4 Å². The summed E-state index contributed by atoms with van der Waals surface area (Å²) in [5.41, 5.74) is 0.691. The van der Waals surface area contributed by atoms with E-state index in [9.17, 15) is 15.0 Å². The Kier molecular flexibility index (Phi) is 32.3. The van der Waals surface area contributed by atoms with E-state index in [0.717, 1.165) is 77.0 Å². The van der Waals surface area contributed by atoms with E-state index in [1.807, 2.05) is 0 Å². The number of aromatic hydroxyl groups is 2. The monoisotopic (exact) mass is 839 g/mol. The predicted octanol–water partition coefficient (Wildman–Crippen LogP) is 16.4. The van der Waals surface area contributed by atoms with Crippen molar-refractivity contribution in [1.29, 1.82) is 0 Å². The summed E-state index contributed by atoms with van der Waals surface area (Å²) in [7, 11) is 0. The van der Waals surface area contributed by atoms with Crippen molar-refractivity contribution in [3.8, 4) is 34.5 Å². The highest BCUT2D eigenvalue weighted by Gasteiger charge is 2.22. The van der Waals surface area contributed by atoms with Gasteiger partial charge in [-0.3, -0.25) is 4.79 Å². The van der Waals surface area contributed by atoms with Gasteiger partial charge in [0.05, 0.1) is 26.4 Å². The van der Waals surface area contributed by atoms with Gasteiger partial charge in [0.25, 0.3) is 0 Å². The summed E-state index contributed by atoms with van der Waals surface area (Å²) in [6.07, 6.45) is 37.8. The molecule has 60 heavy (non-hydrogen) atoms. The van der Waals surface area contributed by atoms with Crippen molar-refractivity contribution in [2.45, 2.75) is 233 Å². The van der Waals surface area contributed by atoms with Gasteiger partial charge in [0.2, 0.25) is 11.5 Å². The van der Waals surface area contributed by atoms with Crippen LogP contribution >= 0.6 is 0 Å². The van der Waals surface area contributed by atoms with E-state index >= 15 is 0 Å². The van der Waals surface area contributed by atoms with Crippen molar-refractivity contribution in [3.63, 3.8) is 0 Å². The number of ketones is 1. The molecule has 0 aromatic heterocycles. The summed E-state index contributed by atoms with van der Waals surface area (Å²) in [5, 5.41) is 22.7. The lowest BCUT2D eigenvalue weighted by molar-refractivity contribution is 0.103. The van der Waals surface area contributed by atoms with Crippen molar-refractivity contribution in [1.82, 2.24) is 0 Å². The quantitative estimate of drug-likeness (QED) is 0.0508. The fourth-order valence-electron chi connectivity index (χ4n) is 7.71. The van der Waals surface area contributed by atoms with E-state index in [1.54, 1.807) is 24.3 Å². The van der Waals surface area contributed by atoms with Gasteiger partial charge in [-0.25, -0.2) is 0 Å². The molecule has 0 atom stereocenters. The molecular weight excluding hydrogens is 749 g/mol. The standard InChI is InChI=1S/C53H90O7/c1-5-9-13-17-21-25-29-33-37-57-47-41-45(42-48(52(47)55)58-38-34-30-26-22-18-14-10-6-2)51(54)46-43-49(59-39-35-31-27-23-19-15-11-7-3)53(56)50(44-46)60-40-36-32-28-24-20-16-12-8-4/h41-44,55-56H,5-40H2,1-4H3. The van der Waals surface area contributed by atoms with Crippen LogP contribution in [-0.2, 0) is 0 Å². The number of hydrogen-bond donors (Lipinski definition) is 2. The molecule has 2 aromatic rings. The summed E-state index contributed by atoms with van der Waals surface area (Å²) >= 11 is 0. The lowest BCUT2D eigenvalue weighted by atomic mass is 10.0. The first kappa shape index (κ1) is 53.0. The Hall–Kier alpha value is -3.09. The highest BCUT2D eigenvalue weighted by Crippen LogP contribution is 2.41. The van der Waals surface area contributed by atoms with Crippen LogP contribution in [0.25, 0.3) is 0 Å². The first-order valence-corrected chi connectivity index (χ1v) is 25.3. The van der Waals surface area contributed by atoms with Crippen molar-refractivity contribution in [3.05, 3.63) is 35.4 Å². The number of unbranched alkanes of at least 4 members (excludes halogenated alkanes) is 28. The molecule has 0 bridgehead atoms. The number of carbonyl (C=O) groups excluding carboxylic acids is 1. The van der Waals surface area contributed by atoms with Crippen LogP contribution in [-0.4, -0.2) is 42.4 Å². The zero-order chi connectivity index (χ0) is 43.3. The number of phenols is 2. The molecule has 0 amide bonds. The van der Waals surface area contributed by atoms with Crippen LogP contribution in [0.5, 0.6) is 34.5 Å². The van der Waals surface area contributed by atoms with Gasteiger partial charge in [-0.2, -0.15) is 0 Å². The fraction of sp³-hybridized carbons (Fsp3) is 0.755. The molecular formula is C53H90O7. The average molecular weight is 839 g/mol. The number of phenolic OH excluding ortho intramolecular Hbond substituents is 2. The maximum absolute atomic E-state index is 14.4. The van der Waals surface area contributed by atoms with E-state index in [0.29, 0.717) is 37.6 Å². The van der Waals surface area contributed by atoms with Gasteiger partial charge in [-0.05, 0) is 49.9 Å². The molecule has 0 saturated carbocycles. The number of rotatable bonds is 42.